The zero-order valence-electron chi connectivity index (χ0n) is 10.1. The molecule has 0 amide bonds. The molecule has 0 bridgehead atoms. The number of rotatable bonds is 7. The van der Waals surface area contributed by atoms with Gasteiger partial charge in [0.05, 0.1) is 24.6 Å². The molecule has 1 aromatic heterocycles. The van der Waals surface area contributed by atoms with Crippen LogP contribution in [-0.2, 0) is 17.9 Å². The third-order valence-corrected chi connectivity index (χ3v) is 2.15. The fraction of sp³-hybridized carbons (Fsp3) is 0.462. The Bertz CT molecular complexity index is 336. The molecule has 0 radical (unpaired) electrons. The van der Waals surface area contributed by atoms with Crippen LogP contribution in [-0.4, -0.2) is 18.6 Å². The van der Waals surface area contributed by atoms with Crippen molar-refractivity contribution in [2.75, 3.05) is 13.7 Å². The van der Waals surface area contributed by atoms with Crippen molar-refractivity contribution >= 4 is 0 Å². The molecule has 16 heavy (non-hydrogen) atoms. The normalized spacial score (nSPS) is 10.4. The molecule has 1 heterocycles. The molecule has 0 saturated carbocycles. The maximum absolute atomic E-state index is 5.52. The number of hydrogen-bond acceptors (Lipinski definition) is 3. The van der Waals surface area contributed by atoms with Crippen molar-refractivity contribution in [2.45, 2.75) is 26.5 Å². The Morgan fingerprint density at radius 2 is 2.19 bits per heavy atom. The van der Waals surface area contributed by atoms with E-state index in [2.05, 4.69) is 16.9 Å². The second-order valence-corrected chi connectivity index (χ2v) is 3.91. The molecule has 3 nitrogen and oxygen atoms in total. The zero-order chi connectivity index (χ0) is 11.8. The lowest BCUT2D eigenvalue weighted by atomic mass is 10.2. The van der Waals surface area contributed by atoms with E-state index >= 15 is 0 Å². The third kappa shape index (κ3) is 5.05. The van der Waals surface area contributed by atoms with Crippen molar-refractivity contribution in [1.29, 1.82) is 0 Å². The summed E-state index contributed by atoms with van der Waals surface area (Å²) in [6, 6.07) is 6.00. The smallest absolute Gasteiger partial charge is 0.0888 e. The van der Waals surface area contributed by atoms with Gasteiger partial charge in [-0.25, -0.2) is 0 Å². The van der Waals surface area contributed by atoms with Crippen LogP contribution >= 0.6 is 0 Å². The first-order chi connectivity index (χ1) is 7.72. The molecule has 0 atom stereocenters. The molecular weight excluding hydrogens is 200 g/mol. The lowest BCUT2D eigenvalue weighted by Crippen LogP contribution is -2.08. The Morgan fingerprint density at radius 1 is 1.44 bits per heavy atom. The largest absolute Gasteiger partial charge is 0.375 e. The minimum atomic E-state index is 0.574. The second kappa shape index (κ2) is 7.14. The van der Waals surface area contributed by atoms with Crippen molar-refractivity contribution in [3.63, 3.8) is 0 Å². The first kappa shape index (κ1) is 12.9. The van der Waals surface area contributed by atoms with Crippen LogP contribution in [0.4, 0.5) is 0 Å². The minimum absolute atomic E-state index is 0.574. The third-order valence-electron chi connectivity index (χ3n) is 2.15. The Labute approximate surface area is 97.5 Å². The summed E-state index contributed by atoms with van der Waals surface area (Å²) in [4.78, 5) is 4.47. The van der Waals surface area contributed by atoms with Crippen molar-refractivity contribution in [2.24, 2.45) is 0 Å². The van der Waals surface area contributed by atoms with Gasteiger partial charge in [-0.1, -0.05) is 11.6 Å². The average Bonchev–Trinajstić information content (AvgIpc) is 2.25. The predicted molar refractivity (Wildman–Crippen MR) is 66.1 cm³/mol. The van der Waals surface area contributed by atoms with Crippen molar-refractivity contribution in [3.8, 4) is 0 Å². The standard InChI is InChI=1S/C13H20N2O/c1-11(2)7-8-16-10-13-6-4-5-12(15-13)9-14-3/h4-6,14H,1,7-10H2,2-3H3. The van der Waals surface area contributed by atoms with E-state index < -0.39 is 0 Å². The SMILES string of the molecule is C=C(C)CCOCc1cccc(CNC)n1. The molecule has 0 spiro atoms. The van der Waals surface area contributed by atoms with Crippen LogP contribution in [0.1, 0.15) is 24.7 Å². The quantitative estimate of drug-likeness (QED) is 0.565. The molecule has 0 aromatic carbocycles. The number of nitrogens with zero attached hydrogens (tertiary/aromatic N) is 1. The first-order valence-electron chi connectivity index (χ1n) is 5.54. The van der Waals surface area contributed by atoms with Crippen LogP contribution in [0.5, 0.6) is 0 Å². The van der Waals surface area contributed by atoms with Crippen LogP contribution < -0.4 is 5.32 Å². The lowest BCUT2D eigenvalue weighted by molar-refractivity contribution is 0.121. The molecule has 0 fully saturated rings. The van der Waals surface area contributed by atoms with Crippen molar-refractivity contribution in [3.05, 3.63) is 41.7 Å². The van der Waals surface area contributed by atoms with Gasteiger partial charge < -0.3 is 10.1 Å². The van der Waals surface area contributed by atoms with Crippen LogP contribution in [0.25, 0.3) is 0 Å². The summed E-state index contributed by atoms with van der Waals surface area (Å²) in [7, 11) is 1.91. The van der Waals surface area contributed by atoms with Crippen LogP contribution in [0.3, 0.4) is 0 Å². The van der Waals surface area contributed by atoms with Crippen LogP contribution in [0, 0.1) is 0 Å². The highest BCUT2D eigenvalue weighted by Crippen LogP contribution is 2.03. The number of nitrogens with one attached hydrogen (secondary N) is 1. The molecule has 1 rings (SSSR count). The number of ether oxygens (including phenoxy) is 1. The predicted octanol–water partition coefficient (Wildman–Crippen LogP) is 2.28. The van der Waals surface area contributed by atoms with E-state index in [0.717, 1.165) is 29.9 Å². The Balaban J connectivity index is 2.35. The highest BCUT2D eigenvalue weighted by molar-refractivity contribution is 5.10. The van der Waals surface area contributed by atoms with Gasteiger partial charge in [0, 0.05) is 6.54 Å². The van der Waals surface area contributed by atoms with Crippen LogP contribution in [0.2, 0.25) is 0 Å². The number of pyridine rings is 1. The summed E-state index contributed by atoms with van der Waals surface area (Å²) in [6.07, 6.45) is 0.913. The summed E-state index contributed by atoms with van der Waals surface area (Å²) in [5.41, 5.74) is 3.18. The minimum Gasteiger partial charge on any atom is -0.375 e. The van der Waals surface area contributed by atoms with Crippen molar-refractivity contribution < 1.29 is 4.74 Å². The maximum atomic E-state index is 5.52. The van der Waals surface area contributed by atoms with E-state index in [-0.39, 0.29) is 0 Å². The highest BCUT2D eigenvalue weighted by atomic mass is 16.5. The highest BCUT2D eigenvalue weighted by Gasteiger charge is 1.97. The molecule has 0 saturated heterocycles. The van der Waals surface area contributed by atoms with Gasteiger partial charge in [-0.2, -0.15) is 0 Å². The van der Waals surface area contributed by atoms with E-state index in [4.69, 9.17) is 4.74 Å². The second-order valence-electron chi connectivity index (χ2n) is 3.91. The average molecular weight is 220 g/mol. The maximum Gasteiger partial charge on any atom is 0.0888 e. The first-order valence-corrected chi connectivity index (χ1v) is 5.54. The Hall–Kier alpha value is -1.19. The molecule has 0 aliphatic heterocycles. The summed E-state index contributed by atoms with van der Waals surface area (Å²) >= 11 is 0. The topological polar surface area (TPSA) is 34.1 Å². The Morgan fingerprint density at radius 3 is 2.88 bits per heavy atom. The Kier molecular flexibility index (Phi) is 5.75. The van der Waals surface area contributed by atoms with E-state index in [1.807, 2.05) is 32.2 Å². The van der Waals surface area contributed by atoms with Gasteiger partial charge in [0.2, 0.25) is 0 Å². The van der Waals surface area contributed by atoms with Gasteiger partial charge in [0.25, 0.3) is 0 Å². The summed E-state index contributed by atoms with van der Waals surface area (Å²) in [5, 5.41) is 3.08. The molecule has 0 aliphatic rings. The summed E-state index contributed by atoms with van der Waals surface area (Å²) in [5.74, 6) is 0. The molecule has 3 heteroatoms. The van der Waals surface area contributed by atoms with E-state index in [1.54, 1.807) is 0 Å². The van der Waals surface area contributed by atoms with Gasteiger partial charge in [-0.15, -0.1) is 6.58 Å². The summed E-state index contributed by atoms with van der Waals surface area (Å²) < 4.78 is 5.52. The van der Waals surface area contributed by atoms with E-state index in [0.29, 0.717) is 13.2 Å². The van der Waals surface area contributed by atoms with Crippen LogP contribution in [0.15, 0.2) is 30.4 Å². The van der Waals surface area contributed by atoms with Gasteiger partial charge >= 0.3 is 0 Å². The molecular formula is C13H20N2O. The lowest BCUT2D eigenvalue weighted by Gasteiger charge is -2.05. The van der Waals surface area contributed by atoms with Gasteiger partial charge in [0.1, 0.15) is 0 Å². The van der Waals surface area contributed by atoms with E-state index in [1.165, 1.54) is 0 Å². The number of aromatic nitrogens is 1. The van der Waals surface area contributed by atoms with Gasteiger partial charge in [-0.3, -0.25) is 4.98 Å². The molecule has 0 unspecified atom stereocenters. The monoisotopic (exact) mass is 220 g/mol. The fourth-order valence-corrected chi connectivity index (χ4v) is 1.31. The fourth-order valence-electron chi connectivity index (χ4n) is 1.31. The van der Waals surface area contributed by atoms with Gasteiger partial charge in [0.15, 0.2) is 0 Å². The molecule has 1 N–H and O–H groups in total. The molecule has 88 valence electrons. The molecule has 0 aliphatic carbocycles. The summed E-state index contributed by atoms with van der Waals surface area (Å²) in [6.45, 7) is 7.92. The van der Waals surface area contributed by atoms with E-state index in [9.17, 15) is 0 Å². The molecule has 1 aromatic rings. The number of hydrogen-bond donors (Lipinski definition) is 1. The van der Waals surface area contributed by atoms with Crippen molar-refractivity contribution in [1.82, 2.24) is 10.3 Å². The van der Waals surface area contributed by atoms with Gasteiger partial charge in [-0.05, 0) is 32.5 Å². The zero-order valence-corrected chi connectivity index (χ0v) is 10.1.